The molecule has 0 saturated carbocycles. The smallest absolute Gasteiger partial charge is 0.256 e. The third kappa shape index (κ3) is 5.78. The third-order valence-corrected chi connectivity index (χ3v) is 6.62. The molecule has 0 saturated heterocycles. The molecule has 3 aromatic carbocycles. The van der Waals surface area contributed by atoms with Crippen molar-refractivity contribution in [3.05, 3.63) is 125 Å². The minimum absolute atomic E-state index is 0.117. The third-order valence-electron chi connectivity index (χ3n) is 6.62. The van der Waals surface area contributed by atoms with E-state index in [-0.39, 0.29) is 17.6 Å². The fraction of sp³-hybridized carbons (Fsp3) is 0.125. The molecule has 7 heteroatoms. The molecular formula is C32H28N4O3. The van der Waals surface area contributed by atoms with E-state index >= 15 is 0 Å². The van der Waals surface area contributed by atoms with E-state index in [1.165, 1.54) is 0 Å². The van der Waals surface area contributed by atoms with Crippen LogP contribution in [0, 0.1) is 0 Å². The van der Waals surface area contributed by atoms with Crippen LogP contribution in [0.3, 0.4) is 0 Å². The normalized spacial score (nSPS) is 12.8. The number of rotatable bonds is 7. The van der Waals surface area contributed by atoms with Crippen LogP contribution >= 0.6 is 0 Å². The Morgan fingerprint density at radius 3 is 2.18 bits per heavy atom. The summed E-state index contributed by atoms with van der Waals surface area (Å²) in [5.41, 5.74) is 5.29. The van der Waals surface area contributed by atoms with Crippen molar-refractivity contribution in [2.24, 2.45) is 7.05 Å². The first-order chi connectivity index (χ1) is 18.9. The van der Waals surface area contributed by atoms with Crippen LogP contribution in [0.5, 0.6) is 0 Å². The van der Waals surface area contributed by atoms with Gasteiger partial charge in [-0.3, -0.25) is 19.1 Å². The number of anilines is 2. The summed E-state index contributed by atoms with van der Waals surface area (Å²) in [4.78, 5) is 38.4. The van der Waals surface area contributed by atoms with Gasteiger partial charge in [-0.15, -0.1) is 0 Å². The van der Waals surface area contributed by atoms with Gasteiger partial charge < -0.3 is 10.6 Å². The van der Waals surface area contributed by atoms with Gasteiger partial charge in [0.15, 0.2) is 5.78 Å². The van der Waals surface area contributed by atoms with Crippen molar-refractivity contribution in [2.75, 3.05) is 10.6 Å². The van der Waals surface area contributed by atoms with Crippen LogP contribution < -0.4 is 10.6 Å². The Morgan fingerprint density at radius 2 is 1.44 bits per heavy atom. The van der Waals surface area contributed by atoms with Crippen LogP contribution in [-0.4, -0.2) is 27.4 Å². The summed E-state index contributed by atoms with van der Waals surface area (Å²) in [5, 5.41) is 10.4. The van der Waals surface area contributed by atoms with E-state index in [4.69, 9.17) is 0 Å². The summed E-state index contributed by atoms with van der Waals surface area (Å²) in [7, 11) is 1.75. The van der Waals surface area contributed by atoms with Crippen molar-refractivity contribution < 1.29 is 14.4 Å². The number of carbonyl (C=O) groups excluding carboxylic acids is 3. The Hall–Kier alpha value is -5.04. The van der Waals surface area contributed by atoms with Gasteiger partial charge in [-0.2, -0.15) is 5.10 Å². The van der Waals surface area contributed by atoms with E-state index < -0.39 is 0 Å². The predicted molar refractivity (Wildman–Crippen MR) is 153 cm³/mol. The van der Waals surface area contributed by atoms with Crippen LogP contribution in [0.1, 0.15) is 46.0 Å². The van der Waals surface area contributed by atoms with Crippen LogP contribution in [0.15, 0.2) is 108 Å². The molecule has 2 amide bonds. The summed E-state index contributed by atoms with van der Waals surface area (Å²) in [6.45, 7) is 1.95. The maximum Gasteiger partial charge on any atom is 0.256 e. The number of ketones is 1. The zero-order valence-electron chi connectivity index (χ0n) is 21.8. The zero-order chi connectivity index (χ0) is 27.4. The van der Waals surface area contributed by atoms with Gasteiger partial charge in [0, 0.05) is 46.6 Å². The van der Waals surface area contributed by atoms with E-state index in [2.05, 4.69) is 21.8 Å². The van der Waals surface area contributed by atoms with Crippen LogP contribution in [0.4, 0.5) is 11.5 Å². The molecule has 2 N–H and O–H groups in total. The first kappa shape index (κ1) is 25.6. The molecule has 0 bridgehead atoms. The number of hydrogen-bond acceptors (Lipinski definition) is 4. The lowest BCUT2D eigenvalue weighted by Crippen LogP contribution is -2.16. The minimum atomic E-state index is -0.341. The topological polar surface area (TPSA) is 93.1 Å². The van der Waals surface area contributed by atoms with E-state index in [1.54, 1.807) is 66.3 Å². The van der Waals surface area contributed by atoms with Crippen molar-refractivity contribution in [1.29, 1.82) is 0 Å². The lowest BCUT2D eigenvalue weighted by Gasteiger charge is -2.13. The van der Waals surface area contributed by atoms with Crippen molar-refractivity contribution in [2.45, 2.75) is 19.8 Å². The molecule has 7 nitrogen and oxygen atoms in total. The number of nitrogens with one attached hydrogen (secondary N) is 2. The lowest BCUT2D eigenvalue weighted by molar-refractivity contribution is -0.112. The van der Waals surface area contributed by atoms with Gasteiger partial charge in [0.25, 0.3) is 11.8 Å². The fourth-order valence-corrected chi connectivity index (χ4v) is 4.46. The first-order valence-corrected chi connectivity index (χ1v) is 12.7. The van der Waals surface area contributed by atoms with Gasteiger partial charge in [0.05, 0.1) is 5.69 Å². The number of carbonyl (C=O) groups is 3. The van der Waals surface area contributed by atoms with Crippen LogP contribution in [-0.2, 0) is 11.8 Å². The standard InChI is InChI=1S/C32H28N4O3/c1-21-9-6-7-14-27(21)32(39)33-26-17-15-22(16-18-26)28-20-29(36(2)35-28)34-31(38)25-13-8-12-24(19-25)30(37)23-10-4-3-5-11-23/h3-5,8-20H,6-7H2,1-2H3,(H,33,39)(H,34,38). The average molecular weight is 517 g/mol. The molecule has 0 fully saturated rings. The molecule has 1 heterocycles. The minimum Gasteiger partial charge on any atom is -0.322 e. The molecule has 0 radical (unpaired) electrons. The fourth-order valence-electron chi connectivity index (χ4n) is 4.46. The zero-order valence-corrected chi connectivity index (χ0v) is 21.8. The number of amides is 2. The van der Waals surface area contributed by atoms with E-state index in [9.17, 15) is 14.4 Å². The molecule has 0 atom stereocenters. The number of aromatic nitrogens is 2. The van der Waals surface area contributed by atoms with Gasteiger partial charge in [-0.1, -0.05) is 66.7 Å². The monoisotopic (exact) mass is 516 g/mol. The summed E-state index contributed by atoms with van der Waals surface area (Å²) in [5.74, 6) is -0.0892. The number of benzene rings is 3. The maximum absolute atomic E-state index is 13.0. The highest BCUT2D eigenvalue weighted by molar-refractivity contribution is 6.11. The molecule has 1 aliphatic rings. The Balaban J connectivity index is 1.27. The van der Waals surface area contributed by atoms with Gasteiger partial charge in [0.2, 0.25) is 0 Å². The largest absolute Gasteiger partial charge is 0.322 e. The SMILES string of the molecule is CC1=CCCC=C1C(=O)Nc1ccc(-c2cc(NC(=O)c3cccc(C(=O)c4ccccc4)c3)n(C)n2)cc1. The number of hydrogen-bond donors (Lipinski definition) is 2. The summed E-state index contributed by atoms with van der Waals surface area (Å²) >= 11 is 0. The predicted octanol–water partition coefficient (Wildman–Crippen LogP) is 6.18. The summed E-state index contributed by atoms with van der Waals surface area (Å²) < 4.78 is 1.59. The number of allylic oxidation sites excluding steroid dienone is 2. The number of nitrogens with zero attached hydrogens (tertiary/aromatic N) is 2. The molecule has 0 aliphatic heterocycles. The molecule has 5 rings (SSSR count). The molecule has 4 aromatic rings. The maximum atomic E-state index is 13.0. The molecule has 39 heavy (non-hydrogen) atoms. The van der Waals surface area contributed by atoms with E-state index in [0.29, 0.717) is 39.5 Å². The van der Waals surface area contributed by atoms with Gasteiger partial charge in [0.1, 0.15) is 5.82 Å². The Bertz CT molecular complexity index is 1610. The second-order valence-corrected chi connectivity index (χ2v) is 9.38. The average Bonchev–Trinajstić information content (AvgIpc) is 3.33. The van der Waals surface area contributed by atoms with Crippen molar-refractivity contribution in [3.63, 3.8) is 0 Å². The lowest BCUT2D eigenvalue weighted by atomic mass is 9.98. The highest BCUT2D eigenvalue weighted by Gasteiger charge is 2.16. The second-order valence-electron chi connectivity index (χ2n) is 9.38. The van der Waals surface area contributed by atoms with E-state index in [1.807, 2.05) is 43.3 Å². The molecule has 1 aliphatic carbocycles. The number of aryl methyl sites for hydroxylation is 1. The second kappa shape index (κ2) is 11.1. The van der Waals surface area contributed by atoms with Crippen LogP contribution in [0.25, 0.3) is 11.3 Å². The van der Waals surface area contributed by atoms with Gasteiger partial charge in [-0.25, -0.2) is 0 Å². The van der Waals surface area contributed by atoms with Gasteiger partial charge >= 0.3 is 0 Å². The Labute approximate surface area is 226 Å². The quantitative estimate of drug-likeness (QED) is 0.287. The molecule has 0 spiro atoms. The van der Waals surface area contributed by atoms with Crippen molar-refractivity contribution in [3.8, 4) is 11.3 Å². The Morgan fingerprint density at radius 1 is 0.744 bits per heavy atom. The molecule has 194 valence electrons. The molecule has 0 unspecified atom stereocenters. The summed E-state index contributed by atoms with van der Waals surface area (Å²) in [6, 6.07) is 24.8. The first-order valence-electron chi connectivity index (χ1n) is 12.7. The molecule has 1 aromatic heterocycles. The van der Waals surface area contributed by atoms with Gasteiger partial charge in [-0.05, 0) is 49.6 Å². The molecular weight excluding hydrogens is 488 g/mol. The van der Waals surface area contributed by atoms with Crippen molar-refractivity contribution >= 4 is 29.1 Å². The van der Waals surface area contributed by atoms with Crippen LogP contribution in [0.2, 0.25) is 0 Å². The highest BCUT2D eigenvalue weighted by Crippen LogP contribution is 2.25. The Kier molecular flexibility index (Phi) is 7.32. The summed E-state index contributed by atoms with van der Waals surface area (Å²) in [6.07, 6.45) is 5.88. The van der Waals surface area contributed by atoms with Crippen molar-refractivity contribution in [1.82, 2.24) is 9.78 Å². The van der Waals surface area contributed by atoms with E-state index in [0.717, 1.165) is 24.0 Å². The highest BCUT2D eigenvalue weighted by atomic mass is 16.2.